The van der Waals surface area contributed by atoms with Crippen molar-refractivity contribution < 1.29 is 4.74 Å². The van der Waals surface area contributed by atoms with Crippen LogP contribution in [-0.4, -0.2) is 35.6 Å². The number of nitrogens with zero attached hydrogens (tertiary/aromatic N) is 3. The Balaban J connectivity index is 2.21. The monoisotopic (exact) mass is 272 g/mol. The number of nitrogen functional groups attached to an aromatic ring is 1. The highest BCUT2D eigenvalue weighted by Gasteiger charge is 2.19. The van der Waals surface area contributed by atoms with E-state index >= 15 is 0 Å². The number of rotatable bonds is 2. The third-order valence-electron chi connectivity index (χ3n) is 3.80. The summed E-state index contributed by atoms with van der Waals surface area (Å²) in [6.07, 6.45) is 0.974. The zero-order valence-electron chi connectivity index (χ0n) is 11.7. The molecule has 3 heterocycles. The van der Waals surface area contributed by atoms with Gasteiger partial charge in [-0.2, -0.15) is 4.98 Å². The molecule has 1 unspecified atom stereocenters. The summed E-state index contributed by atoms with van der Waals surface area (Å²) in [5.74, 6) is 0.559. The number of fused-ring (bicyclic) bond motifs is 1. The molecule has 0 amide bonds. The molecule has 1 fully saturated rings. The van der Waals surface area contributed by atoms with E-state index in [1.165, 1.54) is 0 Å². The van der Waals surface area contributed by atoms with Crippen molar-refractivity contribution in [3.05, 3.63) is 22.1 Å². The molecule has 1 aliphatic rings. The topological polar surface area (TPSA) is 83.0 Å². The molecule has 104 valence electrons. The van der Waals surface area contributed by atoms with Crippen LogP contribution in [0.5, 0.6) is 0 Å². The van der Waals surface area contributed by atoms with Crippen molar-refractivity contribution >= 4 is 30.3 Å². The molecule has 1 aliphatic heterocycles. The molecular weight excluding hydrogens is 255 g/mol. The van der Waals surface area contributed by atoms with Gasteiger partial charge in [0.15, 0.2) is 0 Å². The number of pyridine rings is 1. The predicted molar refractivity (Wildman–Crippen MR) is 80.1 cm³/mol. The molecule has 2 N–H and O–H groups in total. The van der Waals surface area contributed by atoms with Crippen LogP contribution in [-0.2, 0) is 11.3 Å². The minimum Gasteiger partial charge on any atom is -0.381 e. The molecule has 20 heavy (non-hydrogen) atoms. The van der Waals surface area contributed by atoms with Gasteiger partial charge in [0.2, 0.25) is 11.5 Å². The van der Waals surface area contributed by atoms with Gasteiger partial charge >= 0.3 is 0 Å². The van der Waals surface area contributed by atoms with Gasteiger partial charge in [0.05, 0.1) is 12.3 Å². The fraction of sp³-hybridized carbons (Fsp3) is 0.462. The molecular formula is C13H17BN4O2. The van der Waals surface area contributed by atoms with Gasteiger partial charge in [-0.25, -0.2) is 4.98 Å². The fourth-order valence-corrected chi connectivity index (χ4v) is 2.70. The largest absolute Gasteiger partial charge is 0.381 e. The summed E-state index contributed by atoms with van der Waals surface area (Å²) in [4.78, 5) is 20.9. The Labute approximate surface area is 117 Å². The Hall–Kier alpha value is -1.89. The van der Waals surface area contributed by atoms with Gasteiger partial charge in [0.1, 0.15) is 13.5 Å². The first kappa shape index (κ1) is 13.1. The Bertz CT molecular complexity index is 722. The van der Waals surface area contributed by atoms with E-state index in [0.717, 1.165) is 24.1 Å². The highest BCUT2D eigenvalue weighted by Crippen LogP contribution is 2.18. The fourth-order valence-electron chi connectivity index (χ4n) is 2.70. The van der Waals surface area contributed by atoms with Gasteiger partial charge in [0.25, 0.3) is 0 Å². The maximum absolute atomic E-state index is 12.4. The van der Waals surface area contributed by atoms with Crippen LogP contribution in [0.1, 0.15) is 12.1 Å². The Morgan fingerprint density at radius 2 is 2.35 bits per heavy atom. The highest BCUT2D eigenvalue weighted by atomic mass is 16.5. The number of hydrogen-bond acceptors (Lipinski definition) is 5. The molecule has 7 heteroatoms. The second-order valence-electron chi connectivity index (χ2n) is 5.38. The minimum absolute atomic E-state index is 0.0121. The molecule has 0 spiro atoms. The lowest BCUT2D eigenvalue weighted by Gasteiger charge is -2.15. The Morgan fingerprint density at radius 3 is 3.05 bits per heavy atom. The number of hydrogen-bond donors (Lipinski definition) is 1. The number of nitrogens with two attached hydrogens (primary N) is 1. The molecule has 0 saturated carbocycles. The first-order chi connectivity index (χ1) is 9.56. The first-order valence-corrected chi connectivity index (χ1v) is 6.78. The van der Waals surface area contributed by atoms with Crippen LogP contribution in [0.2, 0.25) is 0 Å². The number of anilines is 1. The summed E-state index contributed by atoms with van der Waals surface area (Å²) < 4.78 is 7.10. The molecule has 2 aromatic rings. The number of ether oxygens (including phenoxy) is 1. The van der Waals surface area contributed by atoms with E-state index in [-0.39, 0.29) is 11.5 Å². The maximum atomic E-state index is 12.4. The smallest absolute Gasteiger partial charge is 0.245 e. The van der Waals surface area contributed by atoms with Gasteiger partial charge in [-0.3, -0.25) is 9.36 Å². The molecule has 0 radical (unpaired) electrons. The van der Waals surface area contributed by atoms with Crippen molar-refractivity contribution in [2.45, 2.75) is 19.9 Å². The predicted octanol–water partition coefficient (Wildman–Crippen LogP) is -1.02. The van der Waals surface area contributed by atoms with Crippen molar-refractivity contribution in [2.75, 3.05) is 18.9 Å². The highest BCUT2D eigenvalue weighted by molar-refractivity contribution is 6.32. The molecule has 1 atom stereocenters. The number of aromatic nitrogens is 3. The quantitative estimate of drug-likeness (QED) is 0.707. The van der Waals surface area contributed by atoms with Crippen LogP contribution in [0.15, 0.2) is 10.9 Å². The van der Waals surface area contributed by atoms with E-state index in [2.05, 4.69) is 9.97 Å². The molecule has 1 saturated heterocycles. The van der Waals surface area contributed by atoms with Crippen LogP contribution in [0.4, 0.5) is 5.95 Å². The van der Waals surface area contributed by atoms with Crippen molar-refractivity contribution in [2.24, 2.45) is 5.92 Å². The summed E-state index contributed by atoms with van der Waals surface area (Å²) in [5, 5.41) is 0.884. The van der Waals surface area contributed by atoms with E-state index in [1.54, 1.807) is 4.57 Å². The molecule has 0 aliphatic carbocycles. The van der Waals surface area contributed by atoms with Crippen LogP contribution < -0.4 is 16.8 Å². The lowest BCUT2D eigenvalue weighted by molar-refractivity contribution is 0.182. The summed E-state index contributed by atoms with van der Waals surface area (Å²) in [7, 11) is 1.82. The summed E-state index contributed by atoms with van der Waals surface area (Å²) >= 11 is 0. The second-order valence-corrected chi connectivity index (χ2v) is 5.38. The molecule has 0 aromatic carbocycles. The van der Waals surface area contributed by atoms with Gasteiger partial charge in [-0.15, -0.1) is 0 Å². The molecule has 2 aromatic heterocycles. The minimum atomic E-state index is -0.0121. The Kier molecular flexibility index (Phi) is 3.21. The van der Waals surface area contributed by atoms with E-state index < -0.39 is 0 Å². The standard InChI is InChI=1S/C13H17BN4O2/c1-7-9-4-10(14)12(19)18(5-8-2-3-20-6-8)11(9)17-13(15)16-7/h4,8H,2-3,5-6,14H2,1H3,(H2,15,16,17). The van der Waals surface area contributed by atoms with E-state index in [4.69, 9.17) is 10.5 Å². The van der Waals surface area contributed by atoms with Crippen LogP contribution >= 0.6 is 0 Å². The SMILES string of the molecule is Bc1cc2c(C)nc(N)nc2n(CC2CCOC2)c1=O. The van der Waals surface area contributed by atoms with E-state index in [9.17, 15) is 4.79 Å². The normalized spacial score (nSPS) is 18.8. The first-order valence-electron chi connectivity index (χ1n) is 6.78. The van der Waals surface area contributed by atoms with Gasteiger partial charge in [-0.1, -0.05) is 6.07 Å². The molecule has 3 rings (SSSR count). The van der Waals surface area contributed by atoms with E-state index in [0.29, 0.717) is 30.2 Å². The van der Waals surface area contributed by atoms with Crippen molar-refractivity contribution in [1.29, 1.82) is 0 Å². The maximum Gasteiger partial charge on any atom is 0.245 e. The van der Waals surface area contributed by atoms with E-state index in [1.807, 2.05) is 20.8 Å². The average Bonchev–Trinajstić information content (AvgIpc) is 2.89. The molecule has 6 nitrogen and oxygen atoms in total. The van der Waals surface area contributed by atoms with Crippen molar-refractivity contribution in [3.63, 3.8) is 0 Å². The summed E-state index contributed by atoms with van der Waals surface area (Å²) in [5.41, 5.74) is 7.84. The summed E-state index contributed by atoms with van der Waals surface area (Å²) in [6.45, 7) is 3.96. The lowest BCUT2D eigenvalue weighted by Crippen LogP contribution is -2.36. The van der Waals surface area contributed by atoms with Crippen LogP contribution in [0, 0.1) is 12.8 Å². The zero-order chi connectivity index (χ0) is 14.3. The van der Waals surface area contributed by atoms with Crippen LogP contribution in [0.25, 0.3) is 11.0 Å². The third kappa shape index (κ3) is 2.18. The second kappa shape index (κ2) is 4.90. The number of aryl methyl sites for hydroxylation is 1. The Morgan fingerprint density at radius 1 is 1.55 bits per heavy atom. The lowest BCUT2D eigenvalue weighted by atomic mass is 9.96. The third-order valence-corrected chi connectivity index (χ3v) is 3.80. The zero-order valence-corrected chi connectivity index (χ0v) is 11.7. The molecule has 0 bridgehead atoms. The van der Waals surface area contributed by atoms with Gasteiger partial charge < -0.3 is 10.5 Å². The average molecular weight is 272 g/mol. The van der Waals surface area contributed by atoms with Gasteiger partial charge in [-0.05, 0) is 18.8 Å². The van der Waals surface area contributed by atoms with Gasteiger partial charge in [0, 0.05) is 24.5 Å². The van der Waals surface area contributed by atoms with Crippen molar-refractivity contribution in [3.8, 4) is 0 Å². The van der Waals surface area contributed by atoms with Crippen LogP contribution in [0.3, 0.4) is 0 Å². The summed E-state index contributed by atoms with van der Waals surface area (Å²) in [6, 6.07) is 1.84. The van der Waals surface area contributed by atoms with Crippen molar-refractivity contribution in [1.82, 2.24) is 14.5 Å².